The van der Waals surface area contributed by atoms with Crippen molar-refractivity contribution in [3.05, 3.63) is 65.9 Å². The normalized spacial score (nSPS) is 16.4. The van der Waals surface area contributed by atoms with Gasteiger partial charge in [0.1, 0.15) is 11.6 Å². The fourth-order valence-electron chi connectivity index (χ4n) is 4.49. The highest BCUT2D eigenvalue weighted by molar-refractivity contribution is 6.02. The lowest BCUT2D eigenvalue weighted by atomic mass is 9.94. The maximum Gasteiger partial charge on any atom is 0.235 e. The van der Waals surface area contributed by atoms with E-state index >= 15 is 0 Å². The molecule has 33 heavy (non-hydrogen) atoms. The molecule has 1 saturated heterocycles. The number of hydrogen-bond donors (Lipinski definition) is 2. The number of aromatic nitrogens is 2. The third-order valence-corrected chi connectivity index (χ3v) is 6.45. The Kier molecular flexibility index (Phi) is 5.62. The Balaban J connectivity index is 1.27. The summed E-state index contributed by atoms with van der Waals surface area (Å²) in [5.41, 5.74) is 3.06. The molecule has 5 rings (SSSR count). The molecule has 1 aromatic heterocycles. The summed E-state index contributed by atoms with van der Waals surface area (Å²) in [6, 6.07) is 17.4. The number of methoxy groups -OCH3 is 1. The van der Waals surface area contributed by atoms with Crippen molar-refractivity contribution in [2.75, 3.05) is 35.7 Å². The van der Waals surface area contributed by atoms with Crippen LogP contribution in [0.2, 0.25) is 0 Å². The topological polar surface area (TPSA) is 79.4 Å². The first-order chi connectivity index (χ1) is 16.1. The molecule has 2 aliphatic rings. The molecule has 0 bridgehead atoms. The minimum absolute atomic E-state index is 0.00869. The zero-order valence-electron chi connectivity index (χ0n) is 19.1. The molecule has 1 aliphatic heterocycles. The Morgan fingerprint density at radius 1 is 1.00 bits per heavy atom. The number of para-hydroxylation sites is 1. The van der Waals surface area contributed by atoms with Crippen LogP contribution < -0.4 is 20.3 Å². The summed E-state index contributed by atoms with van der Waals surface area (Å²) < 4.78 is 5.49. The van der Waals surface area contributed by atoms with Gasteiger partial charge in [0.05, 0.1) is 12.5 Å². The molecule has 2 N–H and O–H groups in total. The molecule has 2 fully saturated rings. The lowest BCUT2D eigenvalue weighted by molar-refractivity contribution is -0.118. The number of anilines is 4. The molecule has 0 radical (unpaired) electrons. The molecule has 1 saturated carbocycles. The van der Waals surface area contributed by atoms with Gasteiger partial charge in [0.15, 0.2) is 0 Å². The van der Waals surface area contributed by atoms with Crippen molar-refractivity contribution in [2.24, 2.45) is 0 Å². The number of carbonyl (C=O) groups is 1. The van der Waals surface area contributed by atoms with Crippen molar-refractivity contribution in [3.8, 4) is 5.75 Å². The highest BCUT2D eigenvalue weighted by Gasteiger charge is 2.52. The van der Waals surface area contributed by atoms with Crippen LogP contribution in [-0.2, 0) is 10.2 Å². The maximum absolute atomic E-state index is 13.1. The molecule has 1 aliphatic carbocycles. The van der Waals surface area contributed by atoms with E-state index in [1.807, 2.05) is 61.5 Å². The van der Waals surface area contributed by atoms with Crippen molar-refractivity contribution in [1.29, 1.82) is 0 Å². The molecular weight excluding hydrogens is 414 g/mol. The number of carbonyl (C=O) groups excluding carboxylic acids is 1. The minimum Gasteiger partial charge on any atom is -0.496 e. The summed E-state index contributed by atoms with van der Waals surface area (Å²) in [6.07, 6.45) is 4.02. The van der Waals surface area contributed by atoms with Crippen LogP contribution in [0.25, 0.3) is 0 Å². The molecule has 2 heterocycles. The highest BCUT2D eigenvalue weighted by atomic mass is 16.5. The largest absolute Gasteiger partial charge is 0.496 e. The zero-order valence-corrected chi connectivity index (χ0v) is 19.1. The van der Waals surface area contributed by atoms with Crippen LogP contribution in [-0.4, -0.2) is 36.1 Å². The van der Waals surface area contributed by atoms with Gasteiger partial charge in [0.2, 0.25) is 11.9 Å². The van der Waals surface area contributed by atoms with E-state index in [2.05, 4.69) is 20.5 Å². The summed E-state index contributed by atoms with van der Waals surface area (Å²) in [4.78, 5) is 24.6. The van der Waals surface area contributed by atoms with Crippen molar-refractivity contribution in [3.63, 3.8) is 0 Å². The molecule has 170 valence electrons. The van der Waals surface area contributed by atoms with Crippen molar-refractivity contribution >= 4 is 29.0 Å². The van der Waals surface area contributed by atoms with Gasteiger partial charge >= 0.3 is 0 Å². The van der Waals surface area contributed by atoms with Crippen LogP contribution in [0, 0.1) is 6.92 Å². The number of nitrogens with one attached hydrogen (secondary N) is 2. The van der Waals surface area contributed by atoms with Crippen LogP contribution in [0.15, 0.2) is 54.6 Å². The Morgan fingerprint density at radius 3 is 2.39 bits per heavy atom. The molecular formula is C26H29N5O2. The zero-order chi connectivity index (χ0) is 22.8. The molecule has 7 heteroatoms. The van der Waals surface area contributed by atoms with E-state index in [0.29, 0.717) is 0 Å². The second kappa shape index (κ2) is 8.73. The SMILES string of the molecule is COc1ccccc1C1(C(=O)Nc2ccc(Nc3cc(C)nc(N4CCCC4)n3)cc2)CC1. The predicted octanol–water partition coefficient (Wildman–Crippen LogP) is 4.81. The van der Waals surface area contributed by atoms with Gasteiger partial charge in [-0.3, -0.25) is 4.79 Å². The Hall–Kier alpha value is -3.61. The van der Waals surface area contributed by atoms with Gasteiger partial charge in [-0.15, -0.1) is 0 Å². The van der Waals surface area contributed by atoms with Gasteiger partial charge in [-0.25, -0.2) is 4.98 Å². The number of rotatable bonds is 7. The van der Waals surface area contributed by atoms with Crippen molar-refractivity contribution in [1.82, 2.24) is 9.97 Å². The first-order valence-electron chi connectivity index (χ1n) is 11.5. The average Bonchev–Trinajstić information content (AvgIpc) is 3.45. The Labute approximate surface area is 194 Å². The summed E-state index contributed by atoms with van der Waals surface area (Å²) in [5, 5.41) is 6.45. The van der Waals surface area contributed by atoms with E-state index in [1.165, 1.54) is 12.8 Å². The quantitative estimate of drug-likeness (QED) is 0.546. The maximum atomic E-state index is 13.1. The Bertz CT molecular complexity index is 1150. The van der Waals surface area contributed by atoms with Crippen molar-refractivity contribution < 1.29 is 9.53 Å². The van der Waals surface area contributed by atoms with Crippen LogP contribution in [0.4, 0.5) is 23.1 Å². The molecule has 0 spiro atoms. The van der Waals surface area contributed by atoms with Gasteiger partial charge in [-0.2, -0.15) is 4.98 Å². The van der Waals surface area contributed by atoms with Gasteiger partial charge in [-0.1, -0.05) is 18.2 Å². The number of aryl methyl sites for hydroxylation is 1. The van der Waals surface area contributed by atoms with Gasteiger partial charge in [0.25, 0.3) is 0 Å². The van der Waals surface area contributed by atoms with E-state index < -0.39 is 5.41 Å². The molecule has 2 aromatic carbocycles. The standard InChI is InChI=1S/C26H29N5O2/c1-18-17-23(30-25(27-18)31-15-5-6-16-31)28-19-9-11-20(12-10-19)29-24(32)26(13-14-26)21-7-3-4-8-22(21)33-2/h3-4,7-12,17H,5-6,13-16H2,1-2H3,(H,29,32)(H,27,28,30). The predicted molar refractivity (Wildman–Crippen MR) is 130 cm³/mol. The van der Waals surface area contributed by atoms with Gasteiger partial charge in [-0.05, 0) is 62.9 Å². The van der Waals surface area contributed by atoms with Crippen LogP contribution in [0.5, 0.6) is 5.75 Å². The molecule has 0 unspecified atom stereocenters. The van der Waals surface area contributed by atoms with Crippen LogP contribution >= 0.6 is 0 Å². The minimum atomic E-state index is -0.506. The number of amides is 1. The molecule has 7 nitrogen and oxygen atoms in total. The first kappa shape index (κ1) is 21.2. The van der Waals surface area contributed by atoms with Gasteiger partial charge in [0, 0.05) is 41.8 Å². The number of ether oxygens (including phenoxy) is 1. The number of nitrogens with zero attached hydrogens (tertiary/aromatic N) is 3. The average molecular weight is 444 g/mol. The fraction of sp³-hybridized carbons (Fsp3) is 0.346. The second-order valence-corrected chi connectivity index (χ2v) is 8.83. The van der Waals surface area contributed by atoms with Crippen molar-refractivity contribution in [2.45, 2.75) is 38.0 Å². The van der Waals surface area contributed by atoms with E-state index in [-0.39, 0.29) is 5.91 Å². The monoisotopic (exact) mass is 443 g/mol. The molecule has 1 amide bonds. The molecule has 0 atom stereocenters. The summed E-state index contributed by atoms with van der Waals surface area (Å²) in [6.45, 7) is 4.00. The van der Waals surface area contributed by atoms with Crippen LogP contribution in [0.3, 0.4) is 0 Å². The summed E-state index contributed by atoms with van der Waals surface area (Å²) >= 11 is 0. The number of benzene rings is 2. The second-order valence-electron chi connectivity index (χ2n) is 8.83. The lowest BCUT2D eigenvalue weighted by Crippen LogP contribution is -2.28. The first-order valence-corrected chi connectivity index (χ1v) is 11.5. The summed E-state index contributed by atoms with van der Waals surface area (Å²) in [5.74, 6) is 2.33. The highest BCUT2D eigenvalue weighted by Crippen LogP contribution is 2.52. The van der Waals surface area contributed by atoms with E-state index in [4.69, 9.17) is 9.72 Å². The third-order valence-electron chi connectivity index (χ3n) is 6.45. The van der Waals surface area contributed by atoms with Gasteiger partial charge < -0.3 is 20.3 Å². The smallest absolute Gasteiger partial charge is 0.235 e. The fourth-order valence-corrected chi connectivity index (χ4v) is 4.49. The van der Waals surface area contributed by atoms with Crippen LogP contribution in [0.1, 0.15) is 36.9 Å². The number of hydrogen-bond acceptors (Lipinski definition) is 6. The lowest BCUT2D eigenvalue weighted by Gasteiger charge is -2.19. The third kappa shape index (κ3) is 4.35. The van der Waals surface area contributed by atoms with E-state index in [1.54, 1.807) is 7.11 Å². The van der Waals surface area contributed by atoms with E-state index in [0.717, 1.165) is 66.1 Å². The molecule has 3 aromatic rings. The Morgan fingerprint density at radius 2 is 1.70 bits per heavy atom. The van der Waals surface area contributed by atoms with E-state index in [9.17, 15) is 4.79 Å². The summed E-state index contributed by atoms with van der Waals surface area (Å²) in [7, 11) is 1.64.